The highest BCUT2D eigenvalue weighted by Crippen LogP contribution is 2.33. The van der Waals surface area contributed by atoms with Crippen LogP contribution in [0.1, 0.15) is 24.8 Å². The van der Waals surface area contributed by atoms with E-state index in [1.165, 1.54) is 0 Å². The number of nitrogens with zero attached hydrogens (tertiary/aromatic N) is 1. The largest absolute Gasteiger partial charge is 0.385 e. The normalized spacial score (nSPS) is 17.7. The van der Waals surface area contributed by atoms with Gasteiger partial charge in [-0.2, -0.15) is 0 Å². The number of hydrogen-bond acceptors (Lipinski definition) is 5. The van der Waals surface area contributed by atoms with Gasteiger partial charge in [0.25, 0.3) is 0 Å². The quantitative estimate of drug-likeness (QED) is 0.227. The van der Waals surface area contributed by atoms with Gasteiger partial charge in [0, 0.05) is 24.7 Å². The molecule has 1 aliphatic heterocycles. The van der Waals surface area contributed by atoms with E-state index in [0.29, 0.717) is 24.4 Å². The van der Waals surface area contributed by atoms with Gasteiger partial charge in [-0.3, -0.25) is 10.9 Å². The van der Waals surface area contributed by atoms with E-state index < -0.39 is 11.6 Å². The first kappa shape index (κ1) is 18.0. The Labute approximate surface area is 141 Å². The molecular weight excluding hydrogens is 318 g/mol. The SMILES string of the molecule is NNC(=O)NNCCCN1CCC(O)(c2ccc(Cl)cc2)CC1. The summed E-state index contributed by atoms with van der Waals surface area (Å²) in [5.74, 6) is 4.94. The summed E-state index contributed by atoms with van der Waals surface area (Å²) in [5, 5.41) is 11.5. The van der Waals surface area contributed by atoms with Gasteiger partial charge in [0.15, 0.2) is 0 Å². The van der Waals surface area contributed by atoms with Gasteiger partial charge in [0.2, 0.25) is 0 Å². The third-order valence-electron chi connectivity index (χ3n) is 4.17. The molecule has 6 N–H and O–H groups in total. The summed E-state index contributed by atoms with van der Waals surface area (Å²) in [7, 11) is 0. The van der Waals surface area contributed by atoms with Crippen molar-refractivity contribution in [3.63, 3.8) is 0 Å². The van der Waals surface area contributed by atoms with E-state index >= 15 is 0 Å². The summed E-state index contributed by atoms with van der Waals surface area (Å²) in [6.45, 7) is 3.26. The number of aliphatic hydroxyl groups is 1. The Bertz CT molecular complexity index is 503. The molecule has 1 aliphatic rings. The molecule has 2 rings (SSSR count). The molecule has 0 spiro atoms. The molecule has 0 bridgehead atoms. The first-order valence-electron chi connectivity index (χ1n) is 7.74. The van der Waals surface area contributed by atoms with E-state index in [0.717, 1.165) is 31.6 Å². The van der Waals surface area contributed by atoms with Gasteiger partial charge in [-0.05, 0) is 43.5 Å². The van der Waals surface area contributed by atoms with E-state index in [1.54, 1.807) is 0 Å². The summed E-state index contributed by atoms with van der Waals surface area (Å²) < 4.78 is 0. The highest BCUT2D eigenvalue weighted by molar-refractivity contribution is 6.30. The number of rotatable bonds is 6. The van der Waals surface area contributed by atoms with Crippen LogP contribution in [0.2, 0.25) is 5.02 Å². The first-order chi connectivity index (χ1) is 11.0. The van der Waals surface area contributed by atoms with Gasteiger partial charge in [0.05, 0.1) is 5.60 Å². The molecule has 0 aromatic heterocycles. The maximum Gasteiger partial charge on any atom is 0.343 e. The number of nitrogens with one attached hydrogen (secondary N) is 3. The zero-order chi connectivity index (χ0) is 16.7. The second-order valence-corrected chi connectivity index (χ2v) is 6.20. The molecule has 1 aromatic carbocycles. The lowest BCUT2D eigenvalue weighted by atomic mass is 9.84. The van der Waals surface area contributed by atoms with Crippen molar-refractivity contribution in [2.75, 3.05) is 26.2 Å². The Kier molecular flexibility index (Phi) is 6.61. The van der Waals surface area contributed by atoms with E-state index in [1.807, 2.05) is 29.7 Å². The molecule has 0 aliphatic carbocycles. The van der Waals surface area contributed by atoms with Crippen molar-refractivity contribution < 1.29 is 9.90 Å². The van der Waals surface area contributed by atoms with Crippen molar-refractivity contribution in [1.82, 2.24) is 21.2 Å². The zero-order valence-electron chi connectivity index (χ0n) is 13.0. The lowest BCUT2D eigenvalue weighted by Gasteiger charge is -2.38. The minimum absolute atomic E-state index is 0.462. The predicted molar refractivity (Wildman–Crippen MR) is 89.5 cm³/mol. The number of carbonyl (C=O) groups is 1. The second-order valence-electron chi connectivity index (χ2n) is 5.76. The molecule has 7 nitrogen and oxygen atoms in total. The van der Waals surface area contributed by atoms with Crippen LogP contribution in [0.3, 0.4) is 0 Å². The lowest BCUT2D eigenvalue weighted by molar-refractivity contribution is -0.0259. The maximum atomic E-state index is 10.8. The molecule has 0 unspecified atom stereocenters. The van der Waals surface area contributed by atoms with E-state index in [9.17, 15) is 9.90 Å². The average molecular weight is 342 g/mol. The van der Waals surface area contributed by atoms with Crippen molar-refractivity contribution in [3.8, 4) is 0 Å². The van der Waals surface area contributed by atoms with Crippen LogP contribution in [0.4, 0.5) is 4.79 Å². The number of halogens is 1. The fourth-order valence-electron chi connectivity index (χ4n) is 2.77. The predicted octanol–water partition coefficient (Wildman–Crippen LogP) is 0.691. The minimum Gasteiger partial charge on any atom is -0.385 e. The van der Waals surface area contributed by atoms with Gasteiger partial charge in [-0.15, -0.1) is 0 Å². The van der Waals surface area contributed by atoms with Crippen LogP contribution >= 0.6 is 11.6 Å². The van der Waals surface area contributed by atoms with Gasteiger partial charge in [-0.25, -0.2) is 16.1 Å². The summed E-state index contributed by atoms with van der Waals surface area (Å²) >= 11 is 5.90. The molecule has 1 heterocycles. The summed E-state index contributed by atoms with van der Waals surface area (Å²) in [4.78, 5) is 13.2. The summed E-state index contributed by atoms with van der Waals surface area (Å²) in [6.07, 6.45) is 2.30. The Morgan fingerprint density at radius 1 is 1.30 bits per heavy atom. The van der Waals surface area contributed by atoms with E-state index in [-0.39, 0.29) is 0 Å². The third kappa shape index (κ3) is 5.33. The fraction of sp³-hybridized carbons (Fsp3) is 0.533. The number of likely N-dealkylation sites (tertiary alicyclic amines) is 1. The van der Waals surface area contributed by atoms with Crippen LogP contribution in [0.25, 0.3) is 0 Å². The lowest BCUT2D eigenvalue weighted by Crippen LogP contribution is -2.48. The minimum atomic E-state index is -0.764. The summed E-state index contributed by atoms with van der Waals surface area (Å²) in [5.41, 5.74) is 7.35. The van der Waals surface area contributed by atoms with Crippen LogP contribution in [-0.2, 0) is 5.60 Å². The van der Waals surface area contributed by atoms with E-state index in [2.05, 4.69) is 15.8 Å². The van der Waals surface area contributed by atoms with Crippen LogP contribution < -0.4 is 22.1 Å². The molecular formula is C15H24ClN5O2. The standard InChI is InChI=1S/C15H24ClN5O2/c16-13-4-2-12(3-5-13)15(23)6-10-21(11-7-15)9-1-8-18-20-14(22)19-17/h2-5,18,23H,1,6-11,17H2,(H2,19,20,22). The van der Waals surface area contributed by atoms with Gasteiger partial charge >= 0.3 is 6.03 Å². The van der Waals surface area contributed by atoms with Crippen molar-refractivity contribution in [2.45, 2.75) is 24.9 Å². The van der Waals surface area contributed by atoms with Crippen molar-refractivity contribution in [2.24, 2.45) is 5.84 Å². The maximum absolute atomic E-state index is 10.8. The first-order valence-corrected chi connectivity index (χ1v) is 8.11. The highest BCUT2D eigenvalue weighted by Gasteiger charge is 2.33. The van der Waals surface area contributed by atoms with Crippen LogP contribution in [0.5, 0.6) is 0 Å². The van der Waals surface area contributed by atoms with Crippen molar-refractivity contribution in [3.05, 3.63) is 34.9 Å². The summed E-state index contributed by atoms with van der Waals surface area (Å²) in [6, 6.07) is 6.97. The monoisotopic (exact) mass is 341 g/mol. The smallest absolute Gasteiger partial charge is 0.343 e. The fourth-order valence-corrected chi connectivity index (χ4v) is 2.89. The topological polar surface area (TPSA) is 103 Å². The van der Waals surface area contributed by atoms with Crippen LogP contribution in [0, 0.1) is 0 Å². The molecule has 1 fully saturated rings. The number of hydrazine groups is 2. The molecule has 2 amide bonds. The number of hydrogen-bond donors (Lipinski definition) is 5. The number of piperidine rings is 1. The molecule has 0 saturated carbocycles. The van der Waals surface area contributed by atoms with Crippen molar-refractivity contribution >= 4 is 17.6 Å². The van der Waals surface area contributed by atoms with E-state index in [4.69, 9.17) is 17.4 Å². The van der Waals surface area contributed by atoms with Gasteiger partial charge in [-0.1, -0.05) is 23.7 Å². The molecule has 8 heteroatoms. The Morgan fingerprint density at radius 3 is 2.57 bits per heavy atom. The second kappa shape index (κ2) is 8.47. The van der Waals surface area contributed by atoms with Crippen LogP contribution in [0.15, 0.2) is 24.3 Å². The van der Waals surface area contributed by atoms with Crippen LogP contribution in [-0.4, -0.2) is 42.2 Å². The highest BCUT2D eigenvalue weighted by atomic mass is 35.5. The Hall–Kier alpha value is -1.38. The molecule has 1 aromatic rings. The number of carbonyl (C=O) groups excluding carboxylic acids is 1. The van der Waals surface area contributed by atoms with Crippen molar-refractivity contribution in [1.29, 1.82) is 0 Å². The molecule has 23 heavy (non-hydrogen) atoms. The number of amides is 2. The number of urea groups is 1. The van der Waals surface area contributed by atoms with Gasteiger partial charge < -0.3 is 10.0 Å². The zero-order valence-corrected chi connectivity index (χ0v) is 13.8. The molecule has 0 radical (unpaired) electrons. The Morgan fingerprint density at radius 2 is 1.96 bits per heavy atom. The number of nitrogens with two attached hydrogens (primary N) is 1. The van der Waals surface area contributed by atoms with Gasteiger partial charge in [0.1, 0.15) is 0 Å². The average Bonchev–Trinajstić information content (AvgIpc) is 2.56. The molecule has 1 saturated heterocycles. The third-order valence-corrected chi connectivity index (χ3v) is 4.43. The molecule has 0 atom stereocenters. The number of benzene rings is 1. The Balaban J connectivity index is 1.69. The molecule has 128 valence electrons.